The van der Waals surface area contributed by atoms with Crippen molar-refractivity contribution in [3.8, 4) is 0 Å². The summed E-state index contributed by atoms with van der Waals surface area (Å²) in [4.78, 5) is 19.3. The number of aromatic nitrogens is 4. The van der Waals surface area contributed by atoms with Crippen molar-refractivity contribution in [2.75, 3.05) is 0 Å². The van der Waals surface area contributed by atoms with Crippen LogP contribution in [0.15, 0.2) is 10.6 Å². The van der Waals surface area contributed by atoms with E-state index >= 15 is 0 Å². The van der Waals surface area contributed by atoms with Gasteiger partial charge in [0.2, 0.25) is 5.76 Å². The molecule has 2 aromatic rings. The van der Waals surface area contributed by atoms with Crippen molar-refractivity contribution in [3.63, 3.8) is 0 Å². The molecular weight excluding hydrogens is 303 g/mol. The van der Waals surface area contributed by atoms with Crippen molar-refractivity contribution in [1.29, 1.82) is 0 Å². The summed E-state index contributed by atoms with van der Waals surface area (Å²) in [6, 6.07) is -0.787. The molecule has 0 saturated heterocycles. The van der Waals surface area contributed by atoms with Gasteiger partial charge < -0.3 is 9.73 Å². The lowest BCUT2D eigenvalue weighted by atomic mass is 10.3. The molecule has 1 unspecified atom stereocenters. The van der Waals surface area contributed by atoms with Crippen LogP contribution in [0.4, 0.5) is 13.2 Å². The first kappa shape index (κ1) is 14.5. The smallest absolute Gasteiger partial charge is 0.435 e. The fourth-order valence-corrected chi connectivity index (χ4v) is 1.84. The Morgan fingerprint density at radius 3 is 2.82 bits per heavy atom. The van der Waals surface area contributed by atoms with Gasteiger partial charge in [-0.25, -0.2) is 9.97 Å². The van der Waals surface area contributed by atoms with Crippen LogP contribution in [-0.2, 0) is 6.18 Å². The van der Waals surface area contributed by atoms with Gasteiger partial charge in [-0.2, -0.15) is 13.2 Å². The number of carbonyl (C=O) groups excluding carboxylic acids is 1. The maximum atomic E-state index is 12.4. The summed E-state index contributed by atoms with van der Waals surface area (Å²) in [7, 11) is 0. The van der Waals surface area contributed by atoms with E-state index in [4.69, 9.17) is 4.42 Å². The number of nitrogens with one attached hydrogen (secondary N) is 2. The molecule has 1 fully saturated rings. The van der Waals surface area contributed by atoms with Crippen LogP contribution < -0.4 is 5.32 Å². The Balaban J connectivity index is 1.66. The van der Waals surface area contributed by atoms with E-state index in [9.17, 15) is 18.0 Å². The zero-order chi connectivity index (χ0) is 15.9. The fourth-order valence-electron chi connectivity index (χ4n) is 1.84. The summed E-state index contributed by atoms with van der Waals surface area (Å²) < 4.78 is 42.6. The van der Waals surface area contributed by atoms with Gasteiger partial charge in [-0.1, -0.05) is 0 Å². The third kappa shape index (κ3) is 2.95. The normalized spacial score (nSPS) is 16.5. The van der Waals surface area contributed by atoms with Gasteiger partial charge >= 0.3 is 6.18 Å². The molecule has 0 spiro atoms. The highest BCUT2D eigenvalue weighted by Gasteiger charge is 2.36. The first-order valence-corrected chi connectivity index (χ1v) is 6.60. The number of halogens is 3. The molecule has 2 N–H and O–H groups in total. The van der Waals surface area contributed by atoms with Crippen LogP contribution in [-0.4, -0.2) is 26.1 Å². The third-order valence-electron chi connectivity index (χ3n) is 3.19. The van der Waals surface area contributed by atoms with Crippen LogP contribution in [0, 0.1) is 0 Å². The van der Waals surface area contributed by atoms with Crippen molar-refractivity contribution < 1.29 is 22.4 Å². The van der Waals surface area contributed by atoms with Crippen LogP contribution >= 0.6 is 0 Å². The minimum Gasteiger partial charge on any atom is -0.435 e. The molecule has 0 aliphatic heterocycles. The molecular formula is C12H12F3N5O2. The molecule has 10 heteroatoms. The molecule has 0 radical (unpaired) electrons. The Morgan fingerprint density at radius 2 is 2.23 bits per heavy atom. The van der Waals surface area contributed by atoms with Crippen LogP contribution in [0.1, 0.15) is 59.8 Å². The highest BCUT2D eigenvalue weighted by molar-refractivity contribution is 5.91. The van der Waals surface area contributed by atoms with Gasteiger partial charge in [0.05, 0.1) is 12.2 Å². The van der Waals surface area contributed by atoms with E-state index in [1.165, 1.54) is 13.1 Å². The van der Waals surface area contributed by atoms with Crippen molar-refractivity contribution in [3.05, 3.63) is 29.5 Å². The number of hydrogen-bond acceptors (Lipinski definition) is 5. The highest BCUT2D eigenvalue weighted by Crippen LogP contribution is 2.39. The summed E-state index contributed by atoms with van der Waals surface area (Å²) in [5.41, 5.74) is 0. The van der Waals surface area contributed by atoms with Crippen molar-refractivity contribution in [2.45, 2.75) is 37.9 Å². The topological polar surface area (TPSA) is 96.7 Å². The van der Waals surface area contributed by atoms with E-state index in [1.54, 1.807) is 0 Å². The Kier molecular flexibility index (Phi) is 3.38. The van der Waals surface area contributed by atoms with Crippen LogP contribution in [0.25, 0.3) is 0 Å². The molecule has 1 atom stereocenters. The summed E-state index contributed by atoms with van der Waals surface area (Å²) in [6.07, 6.45) is -1.37. The minimum atomic E-state index is -4.64. The van der Waals surface area contributed by atoms with Gasteiger partial charge in [0.15, 0.2) is 5.89 Å². The number of aromatic amines is 1. The Morgan fingerprint density at radius 1 is 1.50 bits per heavy atom. The molecule has 118 valence electrons. The second-order valence-electron chi connectivity index (χ2n) is 5.07. The first-order chi connectivity index (χ1) is 10.3. The number of amides is 1. The van der Waals surface area contributed by atoms with Gasteiger partial charge in [-0.3, -0.25) is 9.89 Å². The van der Waals surface area contributed by atoms with E-state index in [-0.39, 0.29) is 17.5 Å². The summed E-state index contributed by atoms with van der Waals surface area (Å²) >= 11 is 0. The average Bonchev–Trinajstić information content (AvgIpc) is 2.99. The van der Waals surface area contributed by atoms with E-state index < -0.39 is 23.9 Å². The lowest BCUT2D eigenvalue weighted by Crippen LogP contribution is -2.27. The number of carbonyl (C=O) groups is 1. The summed E-state index contributed by atoms with van der Waals surface area (Å²) in [5, 5.41) is 7.71. The summed E-state index contributed by atoms with van der Waals surface area (Å²) in [5.74, 6) is -1.15. The standard InChI is InChI=1S/C12H12F3N5O2/c1-5(8-18-11(20-19-8)12(13,14)15)17-9(21)7-4-16-10(22-7)6-2-3-6/h4-6H,2-3H2,1H3,(H,17,21)(H,18,19,20). The maximum absolute atomic E-state index is 12.4. The second kappa shape index (κ2) is 5.11. The van der Waals surface area contributed by atoms with Crippen molar-refractivity contribution in [1.82, 2.24) is 25.5 Å². The quantitative estimate of drug-likeness (QED) is 0.901. The molecule has 1 aliphatic carbocycles. The number of alkyl halides is 3. The van der Waals surface area contributed by atoms with Gasteiger partial charge in [0, 0.05) is 5.92 Å². The largest absolute Gasteiger partial charge is 0.453 e. The monoisotopic (exact) mass is 315 g/mol. The Hall–Kier alpha value is -2.39. The molecule has 7 nitrogen and oxygen atoms in total. The van der Waals surface area contributed by atoms with Crippen molar-refractivity contribution in [2.24, 2.45) is 0 Å². The molecule has 2 aromatic heterocycles. The van der Waals surface area contributed by atoms with Crippen LogP contribution in [0.5, 0.6) is 0 Å². The van der Waals surface area contributed by atoms with E-state index in [0.29, 0.717) is 5.89 Å². The molecule has 2 heterocycles. The van der Waals surface area contributed by atoms with Gasteiger partial charge in [-0.15, -0.1) is 5.10 Å². The van der Waals surface area contributed by atoms with E-state index in [1.807, 2.05) is 0 Å². The van der Waals surface area contributed by atoms with E-state index in [2.05, 4.69) is 25.5 Å². The highest BCUT2D eigenvalue weighted by atomic mass is 19.4. The molecule has 1 aliphatic rings. The average molecular weight is 315 g/mol. The lowest BCUT2D eigenvalue weighted by molar-refractivity contribution is -0.144. The predicted octanol–water partition coefficient (Wildman–Crippen LogP) is 2.18. The van der Waals surface area contributed by atoms with Crippen LogP contribution in [0.3, 0.4) is 0 Å². The fraction of sp³-hybridized carbons (Fsp3) is 0.500. The minimum absolute atomic E-state index is 0.0179. The van der Waals surface area contributed by atoms with E-state index in [0.717, 1.165) is 12.8 Å². The molecule has 0 aromatic carbocycles. The number of hydrogen-bond donors (Lipinski definition) is 2. The number of H-pyrrole nitrogens is 1. The first-order valence-electron chi connectivity index (χ1n) is 6.60. The zero-order valence-corrected chi connectivity index (χ0v) is 11.4. The Labute approximate surface area is 122 Å². The molecule has 1 saturated carbocycles. The van der Waals surface area contributed by atoms with Crippen molar-refractivity contribution >= 4 is 5.91 Å². The van der Waals surface area contributed by atoms with Crippen LogP contribution in [0.2, 0.25) is 0 Å². The molecule has 3 rings (SSSR count). The third-order valence-corrected chi connectivity index (χ3v) is 3.19. The number of nitrogens with zero attached hydrogens (tertiary/aromatic N) is 3. The SMILES string of the molecule is CC(NC(=O)c1cnc(C2CC2)o1)c1nc(C(F)(F)F)n[nH]1. The summed E-state index contributed by atoms with van der Waals surface area (Å²) in [6.45, 7) is 1.48. The lowest BCUT2D eigenvalue weighted by Gasteiger charge is -2.09. The molecule has 1 amide bonds. The Bertz CT molecular complexity index is 689. The predicted molar refractivity (Wildman–Crippen MR) is 65.7 cm³/mol. The number of oxazole rings is 1. The molecule has 0 bridgehead atoms. The van der Waals surface area contributed by atoms with Gasteiger partial charge in [-0.05, 0) is 19.8 Å². The van der Waals surface area contributed by atoms with Gasteiger partial charge in [0.25, 0.3) is 11.7 Å². The van der Waals surface area contributed by atoms with Gasteiger partial charge in [0.1, 0.15) is 5.82 Å². The molecule has 22 heavy (non-hydrogen) atoms. The maximum Gasteiger partial charge on any atom is 0.453 e. The zero-order valence-electron chi connectivity index (χ0n) is 11.4. The second-order valence-corrected chi connectivity index (χ2v) is 5.07. The number of rotatable bonds is 4.